The number of hydrogen-bond donors (Lipinski definition) is 1. The Kier molecular flexibility index (Phi) is 3.15. The van der Waals surface area contributed by atoms with Crippen molar-refractivity contribution in [2.75, 3.05) is 0 Å². The second kappa shape index (κ2) is 3.61. The fourth-order valence-corrected chi connectivity index (χ4v) is 4.11. The molecular weight excluding hydrogens is 192 g/mol. The van der Waals surface area contributed by atoms with Gasteiger partial charge in [-0.15, -0.1) is 0 Å². The van der Waals surface area contributed by atoms with Crippen molar-refractivity contribution in [1.82, 2.24) is 0 Å². The molecule has 0 spiro atoms. The number of rotatable bonds is 2. The summed E-state index contributed by atoms with van der Waals surface area (Å²) < 4.78 is 5.78. The molecule has 0 radical (unpaired) electrons. The summed E-state index contributed by atoms with van der Waals surface area (Å²) in [6.45, 7) is 13.0. The Balaban J connectivity index is 2.73. The molecule has 0 amide bonds. The van der Waals surface area contributed by atoms with E-state index >= 15 is 0 Å². The predicted molar refractivity (Wildman–Crippen MR) is 61.6 cm³/mol. The van der Waals surface area contributed by atoms with Crippen molar-refractivity contribution in [3.05, 3.63) is 0 Å². The van der Waals surface area contributed by atoms with Crippen LogP contribution in [0.25, 0.3) is 0 Å². The van der Waals surface area contributed by atoms with Gasteiger partial charge in [0.05, 0.1) is 0 Å². The van der Waals surface area contributed by atoms with Crippen LogP contribution in [0.4, 0.5) is 0 Å². The van der Waals surface area contributed by atoms with Crippen LogP contribution < -0.4 is 0 Å². The van der Waals surface area contributed by atoms with Crippen molar-refractivity contribution in [2.24, 2.45) is 17.3 Å². The molecule has 1 N–H and O–H groups in total. The first kappa shape index (κ1) is 12.2. The lowest BCUT2D eigenvalue weighted by molar-refractivity contribution is -0.288. The normalized spacial score (nSPS) is 38.6. The van der Waals surface area contributed by atoms with Crippen LogP contribution in [0.2, 0.25) is 13.1 Å². The average Bonchev–Trinajstić information content (AvgIpc) is 1.77. The monoisotopic (exact) mass is 216 g/mol. The van der Waals surface area contributed by atoms with Crippen LogP contribution in [-0.2, 0) is 4.43 Å². The minimum atomic E-state index is -1.15. The van der Waals surface area contributed by atoms with E-state index in [-0.39, 0.29) is 11.3 Å². The molecule has 3 atom stereocenters. The Morgan fingerprint density at radius 3 is 2.14 bits per heavy atom. The standard InChI is InChI=1S/C11H24O2Si/c1-8-7-11(12,13-14(5)6)9(8)10(2,3)4/h8-9,12,14H,7H2,1-6H3. The smallest absolute Gasteiger partial charge is 0.174 e. The van der Waals surface area contributed by atoms with Crippen LogP contribution in [-0.4, -0.2) is 19.9 Å². The van der Waals surface area contributed by atoms with Gasteiger partial charge < -0.3 is 9.53 Å². The van der Waals surface area contributed by atoms with Crippen LogP contribution in [0.3, 0.4) is 0 Å². The average molecular weight is 216 g/mol. The fourth-order valence-electron chi connectivity index (χ4n) is 3.05. The highest BCUT2D eigenvalue weighted by Gasteiger charge is 2.56. The molecule has 2 nitrogen and oxygen atoms in total. The first-order valence-electron chi connectivity index (χ1n) is 5.57. The Bertz CT molecular complexity index is 210. The summed E-state index contributed by atoms with van der Waals surface area (Å²) in [6.07, 6.45) is 0.806. The van der Waals surface area contributed by atoms with Crippen LogP contribution in [0.1, 0.15) is 34.1 Å². The molecule has 1 aliphatic rings. The maximum absolute atomic E-state index is 10.4. The molecular formula is C11H24O2Si. The van der Waals surface area contributed by atoms with Gasteiger partial charge in [0.25, 0.3) is 0 Å². The molecule has 0 aromatic rings. The zero-order valence-electron chi connectivity index (χ0n) is 10.3. The molecule has 84 valence electrons. The van der Waals surface area contributed by atoms with Crippen molar-refractivity contribution in [2.45, 2.75) is 53.0 Å². The third kappa shape index (κ3) is 2.20. The summed E-state index contributed by atoms with van der Waals surface area (Å²) in [6, 6.07) is 0. The molecule has 0 saturated heterocycles. The molecule has 3 heteroatoms. The van der Waals surface area contributed by atoms with E-state index in [1.54, 1.807) is 0 Å². The van der Waals surface area contributed by atoms with Gasteiger partial charge in [-0.2, -0.15) is 0 Å². The van der Waals surface area contributed by atoms with Crippen LogP contribution in [0.5, 0.6) is 0 Å². The predicted octanol–water partition coefficient (Wildman–Crippen LogP) is 2.38. The van der Waals surface area contributed by atoms with E-state index in [9.17, 15) is 5.11 Å². The maximum Gasteiger partial charge on any atom is 0.174 e. The van der Waals surface area contributed by atoms with Crippen LogP contribution in [0, 0.1) is 17.3 Å². The van der Waals surface area contributed by atoms with E-state index in [1.165, 1.54) is 0 Å². The largest absolute Gasteiger partial charge is 0.394 e. The highest BCUT2D eigenvalue weighted by molar-refractivity contribution is 6.48. The Hall–Kier alpha value is 0.137. The highest BCUT2D eigenvalue weighted by atomic mass is 28.3. The Morgan fingerprint density at radius 1 is 1.36 bits per heavy atom. The van der Waals surface area contributed by atoms with Crippen molar-refractivity contribution in [3.8, 4) is 0 Å². The quantitative estimate of drug-likeness (QED) is 0.567. The van der Waals surface area contributed by atoms with Gasteiger partial charge in [-0.3, -0.25) is 0 Å². The van der Waals surface area contributed by atoms with Crippen LogP contribution in [0.15, 0.2) is 0 Å². The van der Waals surface area contributed by atoms with Gasteiger partial charge in [-0.05, 0) is 24.4 Å². The van der Waals surface area contributed by atoms with Crippen molar-refractivity contribution < 1.29 is 9.53 Å². The van der Waals surface area contributed by atoms with Crippen molar-refractivity contribution in [3.63, 3.8) is 0 Å². The van der Waals surface area contributed by atoms with E-state index < -0.39 is 14.8 Å². The molecule has 1 saturated carbocycles. The summed E-state index contributed by atoms with van der Waals surface area (Å²) in [7, 11) is -1.15. The first-order valence-corrected chi connectivity index (χ1v) is 8.35. The molecule has 14 heavy (non-hydrogen) atoms. The van der Waals surface area contributed by atoms with Crippen molar-refractivity contribution >= 4 is 9.04 Å². The molecule has 1 aliphatic carbocycles. The number of hydrogen-bond acceptors (Lipinski definition) is 2. The zero-order valence-corrected chi connectivity index (χ0v) is 11.4. The Labute approximate surface area is 89.4 Å². The number of aliphatic hydroxyl groups is 1. The zero-order chi connectivity index (χ0) is 11.1. The third-order valence-electron chi connectivity index (χ3n) is 3.04. The SMILES string of the molecule is CC1CC(O)(O[SiH](C)C)C1C(C)(C)C. The third-order valence-corrected chi connectivity index (χ3v) is 3.92. The van der Waals surface area contributed by atoms with Gasteiger partial charge in [-0.1, -0.05) is 27.7 Å². The van der Waals surface area contributed by atoms with E-state index in [2.05, 4.69) is 40.8 Å². The van der Waals surface area contributed by atoms with Gasteiger partial charge in [0, 0.05) is 12.3 Å². The molecule has 1 rings (SSSR count). The second-order valence-corrected chi connectivity index (χ2v) is 8.37. The van der Waals surface area contributed by atoms with E-state index in [1.807, 2.05) is 0 Å². The first-order chi connectivity index (χ1) is 6.17. The molecule has 0 heterocycles. The molecule has 0 aliphatic heterocycles. The Morgan fingerprint density at radius 2 is 1.86 bits per heavy atom. The lowest BCUT2D eigenvalue weighted by Crippen LogP contribution is -2.61. The minimum absolute atomic E-state index is 0.135. The summed E-state index contributed by atoms with van der Waals surface area (Å²) in [5.41, 5.74) is 0.135. The lowest BCUT2D eigenvalue weighted by Gasteiger charge is -2.56. The van der Waals surface area contributed by atoms with Gasteiger partial charge in [0.1, 0.15) is 0 Å². The van der Waals surface area contributed by atoms with E-state index in [4.69, 9.17) is 4.43 Å². The summed E-state index contributed by atoms with van der Waals surface area (Å²) >= 11 is 0. The summed E-state index contributed by atoms with van der Waals surface area (Å²) in [5, 5.41) is 10.4. The van der Waals surface area contributed by atoms with Crippen LogP contribution >= 0.6 is 0 Å². The van der Waals surface area contributed by atoms with Gasteiger partial charge in [0.15, 0.2) is 14.8 Å². The molecule has 1 fully saturated rings. The minimum Gasteiger partial charge on any atom is -0.394 e. The van der Waals surface area contributed by atoms with Gasteiger partial charge in [-0.25, -0.2) is 0 Å². The summed E-state index contributed by atoms with van der Waals surface area (Å²) in [4.78, 5) is 0. The van der Waals surface area contributed by atoms with E-state index in [0.717, 1.165) is 6.42 Å². The van der Waals surface area contributed by atoms with E-state index in [0.29, 0.717) is 5.92 Å². The molecule has 0 bridgehead atoms. The maximum atomic E-state index is 10.4. The highest BCUT2D eigenvalue weighted by Crippen LogP contribution is 2.53. The fraction of sp³-hybridized carbons (Fsp3) is 1.00. The van der Waals surface area contributed by atoms with Gasteiger partial charge in [0.2, 0.25) is 0 Å². The van der Waals surface area contributed by atoms with Crippen molar-refractivity contribution in [1.29, 1.82) is 0 Å². The molecule has 0 aromatic carbocycles. The molecule has 3 unspecified atom stereocenters. The second-order valence-electron chi connectivity index (χ2n) is 6.04. The topological polar surface area (TPSA) is 29.5 Å². The lowest BCUT2D eigenvalue weighted by atomic mass is 9.58. The summed E-state index contributed by atoms with van der Waals surface area (Å²) in [5.74, 6) is 0.0376. The van der Waals surface area contributed by atoms with Gasteiger partial charge >= 0.3 is 0 Å². The molecule has 0 aromatic heterocycles.